The van der Waals surface area contributed by atoms with Crippen LogP contribution >= 0.6 is 0 Å². The molecule has 0 nitrogen and oxygen atoms in total. The summed E-state index contributed by atoms with van der Waals surface area (Å²) in [6, 6.07) is 0. The highest BCUT2D eigenvalue weighted by atomic mass is 13.9. The summed E-state index contributed by atoms with van der Waals surface area (Å²) in [5.41, 5.74) is 0. The van der Waals surface area contributed by atoms with Crippen LogP contribution in [-0.2, 0) is 0 Å². The van der Waals surface area contributed by atoms with Crippen molar-refractivity contribution in [3.8, 4) is 0 Å². The van der Waals surface area contributed by atoms with Crippen molar-refractivity contribution in [3.63, 3.8) is 0 Å². The van der Waals surface area contributed by atoms with Crippen molar-refractivity contribution in [2.24, 2.45) is 0 Å². The number of allylic oxidation sites excluding steroid dienone is 8. The van der Waals surface area contributed by atoms with Crippen LogP contribution in [0.4, 0.5) is 0 Å². The molecule has 0 aromatic heterocycles. The minimum absolute atomic E-state index is 1.05. The lowest BCUT2D eigenvalue weighted by molar-refractivity contribution is 0.761. The first-order chi connectivity index (χ1) is 7.00. The molecule has 1 aliphatic rings. The van der Waals surface area contributed by atoms with Crippen LogP contribution in [0, 0.1) is 0 Å². The molecule has 0 spiro atoms. The molecule has 0 heteroatoms. The van der Waals surface area contributed by atoms with E-state index in [0.29, 0.717) is 0 Å². The Hall–Kier alpha value is -1.04. The van der Waals surface area contributed by atoms with Gasteiger partial charge in [0.15, 0.2) is 0 Å². The molecule has 0 saturated carbocycles. The predicted octanol–water partition coefficient (Wildman–Crippen LogP) is 4.57. The zero-order chi connectivity index (χ0) is 9.90. The highest BCUT2D eigenvalue weighted by Crippen LogP contribution is 2.03. The molecular weight excluding hydrogens is 168 g/mol. The second-order valence-electron chi connectivity index (χ2n) is 3.55. The van der Waals surface area contributed by atoms with Crippen LogP contribution in [0.25, 0.3) is 0 Å². The summed E-state index contributed by atoms with van der Waals surface area (Å²) in [4.78, 5) is 0. The molecule has 0 aliphatic heterocycles. The third-order valence-corrected chi connectivity index (χ3v) is 2.25. The van der Waals surface area contributed by atoms with Crippen molar-refractivity contribution in [3.05, 3.63) is 48.6 Å². The molecular formula is C14H20. The Morgan fingerprint density at radius 2 is 1.07 bits per heavy atom. The fourth-order valence-electron chi connectivity index (χ4n) is 1.42. The van der Waals surface area contributed by atoms with Crippen LogP contribution in [0.5, 0.6) is 0 Å². The van der Waals surface area contributed by atoms with E-state index in [9.17, 15) is 0 Å². The summed E-state index contributed by atoms with van der Waals surface area (Å²) in [7, 11) is 0. The Morgan fingerprint density at radius 1 is 0.500 bits per heavy atom. The Kier molecular flexibility index (Phi) is 6.74. The fraction of sp³-hybridized carbons (Fsp3) is 0.429. The van der Waals surface area contributed by atoms with Crippen molar-refractivity contribution in [1.29, 1.82) is 0 Å². The van der Waals surface area contributed by atoms with Crippen molar-refractivity contribution in [2.45, 2.75) is 38.5 Å². The minimum Gasteiger partial charge on any atom is -0.0882 e. The summed E-state index contributed by atoms with van der Waals surface area (Å²) in [5.74, 6) is 0. The monoisotopic (exact) mass is 188 g/mol. The van der Waals surface area contributed by atoms with Gasteiger partial charge in [0.05, 0.1) is 0 Å². The van der Waals surface area contributed by atoms with E-state index in [2.05, 4.69) is 48.6 Å². The average molecular weight is 188 g/mol. The van der Waals surface area contributed by atoms with Gasteiger partial charge in [-0.3, -0.25) is 0 Å². The minimum atomic E-state index is 1.05. The molecule has 0 amide bonds. The Balaban J connectivity index is 2.35. The van der Waals surface area contributed by atoms with Gasteiger partial charge in [0.25, 0.3) is 0 Å². The van der Waals surface area contributed by atoms with Gasteiger partial charge in [-0.25, -0.2) is 0 Å². The molecule has 0 heterocycles. The van der Waals surface area contributed by atoms with Crippen LogP contribution < -0.4 is 0 Å². The fourth-order valence-corrected chi connectivity index (χ4v) is 1.42. The third kappa shape index (κ3) is 6.47. The van der Waals surface area contributed by atoms with Crippen LogP contribution in [0.2, 0.25) is 0 Å². The standard InChI is InChI=1S/C14H20/c1-2-4-6-8-10-12-14-13-11-9-7-5-3-1/h1-4,7,9,13-14H,5-6,8,10-12H2/b3-1+,4-2+,9-7-,14-13-. The SMILES string of the molecule is C1=C\C/C=C/C=C/CCCC/C=C\C/1. The third-order valence-electron chi connectivity index (χ3n) is 2.25. The quantitative estimate of drug-likeness (QED) is 0.489. The Bertz CT molecular complexity index is 228. The van der Waals surface area contributed by atoms with Gasteiger partial charge in [-0.1, -0.05) is 48.6 Å². The molecule has 0 saturated heterocycles. The van der Waals surface area contributed by atoms with E-state index in [4.69, 9.17) is 0 Å². The number of hydrogen-bond donors (Lipinski definition) is 0. The highest BCUT2D eigenvalue weighted by molar-refractivity contribution is 5.05. The molecule has 0 atom stereocenters. The summed E-state index contributed by atoms with van der Waals surface area (Å²) < 4.78 is 0. The second-order valence-corrected chi connectivity index (χ2v) is 3.55. The smallest absolute Gasteiger partial charge is 0.0166 e. The van der Waals surface area contributed by atoms with Gasteiger partial charge < -0.3 is 0 Å². The first-order valence-electron chi connectivity index (χ1n) is 5.62. The van der Waals surface area contributed by atoms with Gasteiger partial charge in [0.2, 0.25) is 0 Å². The summed E-state index contributed by atoms with van der Waals surface area (Å²) in [5, 5.41) is 0. The molecule has 1 rings (SSSR count). The second kappa shape index (κ2) is 8.55. The van der Waals surface area contributed by atoms with Crippen LogP contribution in [0.1, 0.15) is 38.5 Å². The number of rotatable bonds is 0. The van der Waals surface area contributed by atoms with Crippen LogP contribution in [0.3, 0.4) is 0 Å². The van der Waals surface area contributed by atoms with E-state index in [1.165, 1.54) is 25.7 Å². The molecule has 0 aromatic carbocycles. The van der Waals surface area contributed by atoms with Crippen molar-refractivity contribution < 1.29 is 0 Å². The largest absolute Gasteiger partial charge is 0.0882 e. The maximum absolute atomic E-state index is 2.30. The molecule has 0 bridgehead atoms. The number of hydrogen-bond acceptors (Lipinski definition) is 0. The summed E-state index contributed by atoms with van der Waals surface area (Å²) >= 11 is 0. The van der Waals surface area contributed by atoms with E-state index in [-0.39, 0.29) is 0 Å². The molecule has 14 heavy (non-hydrogen) atoms. The van der Waals surface area contributed by atoms with Gasteiger partial charge in [0.1, 0.15) is 0 Å². The molecule has 0 unspecified atom stereocenters. The van der Waals surface area contributed by atoms with Gasteiger partial charge in [-0.05, 0) is 38.5 Å². The first-order valence-corrected chi connectivity index (χ1v) is 5.62. The van der Waals surface area contributed by atoms with Crippen molar-refractivity contribution in [1.82, 2.24) is 0 Å². The maximum atomic E-state index is 2.30. The van der Waals surface area contributed by atoms with Gasteiger partial charge >= 0.3 is 0 Å². The highest BCUT2D eigenvalue weighted by Gasteiger charge is 1.83. The van der Waals surface area contributed by atoms with E-state index >= 15 is 0 Å². The lowest BCUT2D eigenvalue weighted by Crippen LogP contribution is -1.72. The Labute approximate surface area is 87.7 Å². The average Bonchev–Trinajstić information content (AvgIpc) is 2.22. The molecule has 0 aromatic rings. The van der Waals surface area contributed by atoms with Crippen molar-refractivity contribution >= 4 is 0 Å². The zero-order valence-corrected chi connectivity index (χ0v) is 8.86. The first kappa shape index (κ1) is 11.0. The Morgan fingerprint density at radius 3 is 1.93 bits per heavy atom. The summed E-state index contributed by atoms with van der Waals surface area (Å²) in [6.07, 6.45) is 25.0. The molecule has 0 radical (unpaired) electrons. The molecule has 0 fully saturated rings. The lowest BCUT2D eigenvalue weighted by Gasteiger charge is -1.93. The lowest BCUT2D eigenvalue weighted by atomic mass is 10.1. The zero-order valence-electron chi connectivity index (χ0n) is 8.86. The molecule has 0 N–H and O–H groups in total. The van der Waals surface area contributed by atoms with Crippen LogP contribution in [0.15, 0.2) is 48.6 Å². The van der Waals surface area contributed by atoms with E-state index in [0.717, 1.165) is 12.8 Å². The summed E-state index contributed by atoms with van der Waals surface area (Å²) in [6.45, 7) is 0. The predicted molar refractivity (Wildman–Crippen MR) is 64.3 cm³/mol. The normalized spacial score (nSPS) is 28.6. The van der Waals surface area contributed by atoms with Gasteiger partial charge in [0, 0.05) is 0 Å². The van der Waals surface area contributed by atoms with Crippen molar-refractivity contribution in [2.75, 3.05) is 0 Å². The molecule has 76 valence electrons. The van der Waals surface area contributed by atoms with E-state index in [1.807, 2.05) is 0 Å². The van der Waals surface area contributed by atoms with Gasteiger partial charge in [-0.2, -0.15) is 0 Å². The topological polar surface area (TPSA) is 0 Å². The van der Waals surface area contributed by atoms with Gasteiger partial charge in [-0.15, -0.1) is 0 Å². The van der Waals surface area contributed by atoms with E-state index in [1.54, 1.807) is 0 Å². The van der Waals surface area contributed by atoms with E-state index < -0.39 is 0 Å². The van der Waals surface area contributed by atoms with Crippen LogP contribution in [-0.4, -0.2) is 0 Å². The maximum Gasteiger partial charge on any atom is -0.0166 e. The molecule has 1 aliphatic carbocycles.